The summed E-state index contributed by atoms with van der Waals surface area (Å²) in [7, 11) is 0. The largest absolute Gasteiger partial charge is 0.463 e. The Bertz CT molecular complexity index is 837. The number of nitrogens with zero attached hydrogens (tertiary/aromatic N) is 1. The molecular weight excluding hydrogens is 439 g/mol. The number of carbonyl (C=O) groups excluding carboxylic acids is 1. The van der Waals surface area contributed by atoms with Crippen molar-refractivity contribution in [2.45, 2.75) is 129 Å². The van der Waals surface area contributed by atoms with Crippen molar-refractivity contribution >= 4 is 5.97 Å². The normalized spacial score (nSPS) is 20.0. The first kappa shape index (κ1) is 28.3. The van der Waals surface area contributed by atoms with E-state index >= 15 is 0 Å². The number of hydrogen-bond acceptors (Lipinski definition) is 5. The van der Waals surface area contributed by atoms with Crippen molar-refractivity contribution in [3.8, 4) is 0 Å². The molecule has 2 heterocycles. The van der Waals surface area contributed by atoms with Gasteiger partial charge in [-0.1, -0.05) is 84.0 Å². The molecule has 1 saturated heterocycles. The number of hydrogen-bond donors (Lipinski definition) is 1. The van der Waals surface area contributed by atoms with Crippen LogP contribution in [0.3, 0.4) is 0 Å². The van der Waals surface area contributed by atoms with E-state index in [1.807, 2.05) is 0 Å². The smallest absolute Gasteiger partial charge is 0.330 e. The van der Waals surface area contributed by atoms with E-state index in [-0.39, 0.29) is 19.0 Å². The number of halogens is 1. The number of ether oxygens (including phenoxy) is 2. The maximum absolute atomic E-state index is 14.4. The molecule has 1 unspecified atom stereocenters. The third-order valence-corrected chi connectivity index (χ3v) is 6.51. The van der Waals surface area contributed by atoms with E-state index < -0.39 is 29.8 Å². The molecule has 7 nitrogen and oxygen atoms in total. The summed E-state index contributed by atoms with van der Waals surface area (Å²) < 4.78 is 26.3. The Morgan fingerprint density at radius 3 is 2.18 bits per heavy atom. The molecule has 0 spiro atoms. The number of H-pyrrole nitrogens is 1. The van der Waals surface area contributed by atoms with Gasteiger partial charge in [-0.15, -0.1) is 0 Å². The molecule has 194 valence electrons. The molecule has 1 aliphatic heterocycles. The van der Waals surface area contributed by atoms with Crippen LogP contribution in [0.1, 0.15) is 115 Å². The highest BCUT2D eigenvalue weighted by molar-refractivity contribution is 5.69. The van der Waals surface area contributed by atoms with Gasteiger partial charge in [-0.25, -0.2) is 9.18 Å². The van der Waals surface area contributed by atoms with Crippen LogP contribution < -0.4 is 11.2 Å². The Morgan fingerprint density at radius 1 is 1.03 bits per heavy atom. The molecule has 0 amide bonds. The molecule has 34 heavy (non-hydrogen) atoms. The summed E-state index contributed by atoms with van der Waals surface area (Å²) in [5.74, 6) is -0.348. The molecule has 1 aromatic heterocycles. The zero-order valence-electron chi connectivity index (χ0n) is 21.0. The van der Waals surface area contributed by atoms with Crippen LogP contribution in [0.15, 0.2) is 15.8 Å². The topological polar surface area (TPSA) is 90.4 Å². The Kier molecular flexibility index (Phi) is 13.2. The van der Waals surface area contributed by atoms with Gasteiger partial charge in [0, 0.05) is 24.6 Å². The summed E-state index contributed by atoms with van der Waals surface area (Å²) in [5.41, 5.74) is -0.783. The van der Waals surface area contributed by atoms with E-state index in [1.54, 1.807) is 6.92 Å². The first-order valence-electron chi connectivity index (χ1n) is 13.2. The molecule has 0 radical (unpaired) electrons. The van der Waals surface area contributed by atoms with Gasteiger partial charge in [0.1, 0.15) is 25.1 Å². The van der Waals surface area contributed by atoms with E-state index in [4.69, 9.17) is 9.47 Å². The number of nitrogens with one attached hydrogen (secondary N) is 1. The lowest BCUT2D eigenvalue weighted by Crippen LogP contribution is -2.33. The van der Waals surface area contributed by atoms with Crippen LogP contribution in [0.4, 0.5) is 4.39 Å². The second-order valence-corrected chi connectivity index (χ2v) is 9.54. The molecule has 0 bridgehead atoms. The predicted octanol–water partition coefficient (Wildman–Crippen LogP) is 5.50. The highest BCUT2D eigenvalue weighted by Gasteiger charge is 2.37. The van der Waals surface area contributed by atoms with Gasteiger partial charge in [-0.3, -0.25) is 19.1 Å². The summed E-state index contributed by atoms with van der Waals surface area (Å²) in [6.45, 7) is 3.63. The molecule has 0 aliphatic carbocycles. The van der Waals surface area contributed by atoms with Crippen LogP contribution in [0.5, 0.6) is 0 Å². The second-order valence-electron chi connectivity index (χ2n) is 9.54. The van der Waals surface area contributed by atoms with Crippen molar-refractivity contribution in [3.63, 3.8) is 0 Å². The van der Waals surface area contributed by atoms with Crippen molar-refractivity contribution < 1.29 is 18.7 Å². The fourth-order valence-electron chi connectivity index (χ4n) is 4.34. The lowest BCUT2D eigenvalue weighted by molar-refractivity contribution is -0.149. The fourth-order valence-corrected chi connectivity index (χ4v) is 4.34. The highest BCUT2D eigenvalue weighted by Crippen LogP contribution is 2.30. The number of esters is 1. The maximum Gasteiger partial charge on any atom is 0.330 e. The van der Waals surface area contributed by atoms with E-state index in [0.29, 0.717) is 12.0 Å². The van der Waals surface area contributed by atoms with Crippen molar-refractivity contribution in [2.24, 2.45) is 0 Å². The van der Waals surface area contributed by atoms with Gasteiger partial charge in [0.05, 0.1) is 0 Å². The molecule has 0 aromatic carbocycles. The van der Waals surface area contributed by atoms with Crippen LogP contribution >= 0.6 is 0 Å². The zero-order valence-corrected chi connectivity index (χ0v) is 21.0. The molecule has 3 atom stereocenters. The Hall–Kier alpha value is -1.96. The lowest BCUT2D eigenvalue weighted by atomic mass is 10.0. The number of unbranched alkanes of at least 4 members (excludes halogenated alkanes) is 12. The third kappa shape index (κ3) is 10.1. The third-order valence-electron chi connectivity index (χ3n) is 6.51. The standard InChI is InChI=1S/C26H43FN2O5/c1-3-4-5-6-7-8-9-10-11-12-13-14-15-16-24(30)33-19-22-21(27)17-23(34-22)29-18-20(2)25(31)28-26(29)32/h18,21-23H,3-17,19H2,1-2H3,(H,28,31,32)/t21?,22-,23-/m1/s1. The molecule has 8 heteroatoms. The number of alkyl halides is 1. The van der Waals surface area contributed by atoms with Gasteiger partial charge >= 0.3 is 11.7 Å². The number of rotatable bonds is 17. The van der Waals surface area contributed by atoms with Crippen molar-refractivity contribution in [2.75, 3.05) is 6.61 Å². The fraction of sp³-hybridized carbons (Fsp3) is 0.808. The summed E-state index contributed by atoms with van der Waals surface area (Å²) in [6, 6.07) is 0. The number of aromatic amines is 1. The average molecular weight is 483 g/mol. The Labute approximate surface area is 202 Å². The van der Waals surface area contributed by atoms with Gasteiger partial charge in [-0.2, -0.15) is 0 Å². The van der Waals surface area contributed by atoms with Crippen LogP contribution in [-0.2, 0) is 14.3 Å². The minimum atomic E-state index is -1.35. The van der Waals surface area contributed by atoms with Crippen LogP contribution in [0, 0.1) is 6.92 Å². The zero-order chi connectivity index (χ0) is 24.8. The summed E-state index contributed by atoms with van der Waals surface area (Å²) in [6.07, 6.45) is 14.6. The average Bonchev–Trinajstić information content (AvgIpc) is 3.18. The summed E-state index contributed by atoms with van der Waals surface area (Å²) in [4.78, 5) is 37.7. The van der Waals surface area contributed by atoms with Gasteiger partial charge in [0.15, 0.2) is 0 Å². The minimum absolute atomic E-state index is 0.0353. The Morgan fingerprint density at radius 2 is 1.59 bits per heavy atom. The van der Waals surface area contributed by atoms with Crippen LogP contribution in [0.25, 0.3) is 0 Å². The van der Waals surface area contributed by atoms with Gasteiger partial charge < -0.3 is 9.47 Å². The number of aromatic nitrogens is 2. The van der Waals surface area contributed by atoms with Gasteiger partial charge in [0.25, 0.3) is 5.56 Å². The SMILES string of the molecule is CCCCCCCCCCCCCCCC(=O)OC[C@H]1O[C@@H](n2cc(C)c(=O)[nH]c2=O)CC1F. The quantitative estimate of drug-likeness (QED) is 0.234. The van der Waals surface area contributed by atoms with E-state index in [9.17, 15) is 18.8 Å². The van der Waals surface area contributed by atoms with Crippen LogP contribution in [-0.4, -0.2) is 34.4 Å². The van der Waals surface area contributed by atoms with Crippen molar-refractivity contribution in [3.05, 3.63) is 32.6 Å². The Balaban J connectivity index is 1.51. The molecule has 2 rings (SSSR count). The highest BCUT2D eigenvalue weighted by atomic mass is 19.1. The maximum atomic E-state index is 14.4. The van der Waals surface area contributed by atoms with Crippen molar-refractivity contribution in [1.82, 2.24) is 9.55 Å². The van der Waals surface area contributed by atoms with Crippen LogP contribution in [0.2, 0.25) is 0 Å². The molecule has 1 aliphatic rings. The predicted molar refractivity (Wildman–Crippen MR) is 131 cm³/mol. The molecule has 1 N–H and O–H groups in total. The molecule has 1 fully saturated rings. The molecule has 0 saturated carbocycles. The minimum Gasteiger partial charge on any atom is -0.463 e. The van der Waals surface area contributed by atoms with E-state index in [2.05, 4.69) is 11.9 Å². The second kappa shape index (κ2) is 15.8. The van der Waals surface area contributed by atoms with E-state index in [1.165, 1.54) is 75.0 Å². The van der Waals surface area contributed by atoms with Crippen molar-refractivity contribution in [1.29, 1.82) is 0 Å². The lowest BCUT2D eigenvalue weighted by Gasteiger charge is -2.16. The summed E-state index contributed by atoms with van der Waals surface area (Å²) >= 11 is 0. The monoisotopic (exact) mass is 482 g/mol. The molecular formula is C26H43FN2O5. The van der Waals surface area contributed by atoms with Gasteiger partial charge in [0.2, 0.25) is 0 Å². The number of aryl methyl sites for hydroxylation is 1. The van der Waals surface area contributed by atoms with E-state index in [0.717, 1.165) is 19.3 Å². The summed E-state index contributed by atoms with van der Waals surface area (Å²) in [5, 5.41) is 0. The first-order valence-corrected chi connectivity index (χ1v) is 13.2. The van der Waals surface area contributed by atoms with Gasteiger partial charge in [-0.05, 0) is 13.3 Å². The first-order chi connectivity index (χ1) is 16.4. The number of carbonyl (C=O) groups is 1. The molecule has 1 aromatic rings.